The smallest absolute Gasteiger partial charge is 0.335 e. The number of ether oxygens (including phenoxy) is 1. The molecule has 0 aliphatic rings. The van der Waals surface area contributed by atoms with Crippen molar-refractivity contribution >= 4 is 17.6 Å². The summed E-state index contributed by atoms with van der Waals surface area (Å²) in [5.41, 5.74) is 0.791. The molecular formula is C17H21N3O4. The molecule has 0 atom stereocenters. The molecule has 0 radical (unpaired) electrons. The number of hydrogen-bond donors (Lipinski definition) is 2. The van der Waals surface area contributed by atoms with E-state index in [2.05, 4.69) is 10.4 Å². The number of benzene rings is 1. The highest BCUT2D eigenvalue weighted by Gasteiger charge is 2.15. The highest BCUT2D eigenvalue weighted by atomic mass is 16.5. The fourth-order valence-corrected chi connectivity index (χ4v) is 2.14. The number of carbonyl (C=O) groups excluding carboxylic acids is 1. The summed E-state index contributed by atoms with van der Waals surface area (Å²) < 4.78 is 7.32. The van der Waals surface area contributed by atoms with E-state index in [1.165, 1.54) is 18.3 Å². The fraction of sp³-hybridized carbons (Fsp3) is 0.353. The molecule has 7 nitrogen and oxygen atoms in total. The number of aromatic carboxylic acids is 1. The first-order chi connectivity index (χ1) is 11.4. The average Bonchev–Trinajstić information content (AvgIpc) is 2.97. The molecule has 0 saturated heterocycles. The summed E-state index contributed by atoms with van der Waals surface area (Å²) in [6.45, 7) is 6.45. The molecule has 1 aromatic carbocycles. The topological polar surface area (TPSA) is 93.5 Å². The third kappa shape index (κ3) is 4.34. The van der Waals surface area contributed by atoms with E-state index in [0.29, 0.717) is 17.0 Å². The van der Waals surface area contributed by atoms with E-state index in [-0.39, 0.29) is 17.6 Å². The van der Waals surface area contributed by atoms with Crippen LogP contribution >= 0.6 is 0 Å². The Morgan fingerprint density at radius 3 is 2.71 bits per heavy atom. The van der Waals surface area contributed by atoms with Crippen LogP contribution < -0.4 is 10.1 Å². The van der Waals surface area contributed by atoms with Crippen LogP contribution in [0.1, 0.15) is 47.9 Å². The molecule has 0 aliphatic heterocycles. The van der Waals surface area contributed by atoms with Crippen molar-refractivity contribution in [2.75, 3.05) is 5.32 Å². The van der Waals surface area contributed by atoms with Gasteiger partial charge in [-0.2, -0.15) is 5.10 Å². The van der Waals surface area contributed by atoms with Crippen LogP contribution in [0.25, 0.3) is 0 Å². The number of anilines is 1. The standard InChI is InChI=1S/C17H21N3O4/c1-4-7-20-10-13(9-18-20)16(21)19-14-8-12(17(22)23)5-6-15(14)24-11(2)3/h5-6,8-11H,4,7H2,1-3H3,(H,19,21)(H,22,23). The van der Waals surface area contributed by atoms with Crippen LogP contribution in [-0.2, 0) is 6.54 Å². The highest BCUT2D eigenvalue weighted by molar-refractivity contribution is 6.05. The number of nitrogens with one attached hydrogen (secondary N) is 1. The maximum absolute atomic E-state index is 12.4. The Labute approximate surface area is 140 Å². The number of hydrogen-bond acceptors (Lipinski definition) is 4. The Hall–Kier alpha value is -2.83. The van der Waals surface area contributed by atoms with Gasteiger partial charge < -0.3 is 15.2 Å². The third-order valence-corrected chi connectivity index (χ3v) is 3.19. The van der Waals surface area contributed by atoms with Crippen molar-refractivity contribution in [3.63, 3.8) is 0 Å². The Kier molecular flexibility index (Phi) is 5.57. The minimum Gasteiger partial charge on any atom is -0.489 e. The van der Waals surface area contributed by atoms with Crippen LogP contribution in [0.3, 0.4) is 0 Å². The van der Waals surface area contributed by atoms with Gasteiger partial charge in [-0.25, -0.2) is 4.79 Å². The zero-order valence-corrected chi connectivity index (χ0v) is 13.9. The molecule has 1 amide bonds. The molecule has 0 saturated carbocycles. The molecule has 0 fully saturated rings. The molecular weight excluding hydrogens is 310 g/mol. The van der Waals surface area contributed by atoms with Crippen molar-refractivity contribution in [3.05, 3.63) is 41.7 Å². The minimum absolute atomic E-state index is 0.0723. The predicted molar refractivity (Wildman–Crippen MR) is 89.6 cm³/mol. The van der Waals surface area contributed by atoms with Gasteiger partial charge in [0.2, 0.25) is 0 Å². The van der Waals surface area contributed by atoms with Gasteiger partial charge in [-0.3, -0.25) is 9.48 Å². The minimum atomic E-state index is -1.07. The summed E-state index contributed by atoms with van der Waals surface area (Å²) >= 11 is 0. The van der Waals surface area contributed by atoms with E-state index < -0.39 is 5.97 Å². The fourth-order valence-electron chi connectivity index (χ4n) is 2.14. The van der Waals surface area contributed by atoms with Crippen LogP contribution in [0, 0.1) is 0 Å². The molecule has 0 aliphatic carbocycles. The first-order valence-corrected chi connectivity index (χ1v) is 7.78. The first kappa shape index (κ1) is 17.5. The number of aryl methyl sites for hydroxylation is 1. The molecule has 2 rings (SSSR count). The van der Waals surface area contributed by atoms with E-state index in [9.17, 15) is 9.59 Å². The number of amides is 1. The Morgan fingerprint density at radius 1 is 1.33 bits per heavy atom. The summed E-state index contributed by atoms with van der Waals surface area (Å²) in [5, 5.41) is 15.9. The molecule has 1 aromatic heterocycles. The van der Waals surface area contributed by atoms with Gasteiger partial charge >= 0.3 is 5.97 Å². The molecule has 1 heterocycles. The second-order valence-corrected chi connectivity index (χ2v) is 5.63. The summed E-state index contributed by atoms with van der Waals surface area (Å²) in [4.78, 5) is 23.5. The van der Waals surface area contributed by atoms with Crippen LogP contribution in [0.2, 0.25) is 0 Å². The number of nitrogens with zero attached hydrogens (tertiary/aromatic N) is 2. The molecule has 0 spiro atoms. The van der Waals surface area contributed by atoms with Crippen molar-refractivity contribution in [1.82, 2.24) is 9.78 Å². The van der Waals surface area contributed by atoms with Crippen LogP contribution in [0.15, 0.2) is 30.6 Å². The Bertz CT molecular complexity index is 737. The molecule has 128 valence electrons. The first-order valence-electron chi connectivity index (χ1n) is 7.78. The Balaban J connectivity index is 2.26. The van der Waals surface area contributed by atoms with E-state index in [1.807, 2.05) is 20.8 Å². The average molecular weight is 331 g/mol. The molecule has 0 bridgehead atoms. The summed E-state index contributed by atoms with van der Waals surface area (Å²) in [7, 11) is 0. The molecule has 0 unspecified atom stereocenters. The molecule has 2 N–H and O–H groups in total. The second-order valence-electron chi connectivity index (χ2n) is 5.63. The second kappa shape index (κ2) is 7.63. The predicted octanol–water partition coefficient (Wildman–Crippen LogP) is 3.03. The molecule has 7 heteroatoms. The zero-order chi connectivity index (χ0) is 17.7. The van der Waals surface area contributed by atoms with Gasteiger partial charge in [0.25, 0.3) is 5.91 Å². The lowest BCUT2D eigenvalue weighted by atomic mass is 10.1. The third-order valence-electron chi connectivity index (χ3n) is 3.19. The molecule has 2 aromatic rings. The van der Waals surface area contributed by atoms with Crippen LogP contribution in [0.4, 0.5) is 5.69 Å². The summed E-state index contributed by atoms with van der Waals surface area (Å²) in [5.74, 6) is -1.02. The maximum Gasteiger partial charge on any atom is 0.335 e. The van der Waals surface area contributed by atoms with Crippen molar-refractivity contribution in [2.45, 2.75) is 39.8 Å². The van der Waals surface area contributed by atoms with E-state index in [0.717, 1.165) is 13.0 Å². The van der Waals surface area contributed by atoms with Gasteiger partial charge in [0.15, 0.2) is 0 Å². The monoisotopic (exact) mass is 331 g/mol. The summed E-state index contributed by atoms with van der Waals surface area (Å²) in [6, 6.07) is 4.36. The molecule has 24 heavy (non-hydrogen) atoms. The van der Waals surface area contributed by atoms with Gasteiger partial charge in [-0.1, -0.05) is 6.92 Å². The number of carboxylic acids is 1. The normalized spacial score (nSPS) is 10.7. The summed E-state index contributed by atoms with van der Waals surface area (Å²) in [6.07, 6.45) is 3.94. The zero-order valence-electron chi connectivity index (χ0n) is 13.9. The van der Waals surface area contributed by atoms with Gasteiger partial charge in [0, 0.05) is 12.7 Å². The number of rotatable bonds is 7. The van der Waals surface area contributed by atoms with Crippen molar-refractivity contribution in [2.24, 2.45) is 0 Å². The largest absolute Gasteiger partial charge is 0.489 e. The van der Waals surface area contributed by atoms with Crippen LogP contribution in [-0.4, -0.2) is 32.9 Å². The highest BCUT2D eigenvalue weighted by Crippen LogP contribution is 2.27. The number of carboxylic acid groups (broad SMARTS) is 1. The van der Waals surface area contributed by atoms with Gasteiger partial charge in [0.1, 0.15) is 5.75 Å². The van der Waals surface area contributed by atoms with Crippen LogP contribution in [0.5, 0.6) is 5.75 Å². The SMILES string of the molecule is CCCn1cc(C(=O)Nc2cc(C(=O)O)ccc2OC(C)C)cn1. The van der Waals surface area contributed by atoms with Crippen molar-refractivity contribution in [1.29, 1.82) is 0 Å². The Morgan fingerprint density at radius 2 is 2.08 bits per heavy atom. The number of aromatic nitrogens is 2. The van der Waals surface area contributed by atoms with Gasteiger partial charge in [-0.05, 0) is 38.5 Å². The van der Waals surface area contributed by atoms with Gasteiger partial charge in [-0.15, -0.1) is 0 Å². The maximum atomic E-state index is 12.4. The lowest BCUT2D eigenvalue weighted by molar-refractivity contribution is 0.0696. The van der Waals surface area contributed by atoms with E-state index in [1.54, 1.807) is 16.9 Å². The van der Waals surface area contributed by atoms with Crippen molar-refractivity contribution in [3.8, 4) is 5.75 Å². The van der Waals surface area contributed by atoms with Crippen molar-refractivity contribution < 1.29 is 19.4 Å². The van der Waals surface area contributed by atoms with E-state index >= 15 is 0 Å². The van der Waals surface area contributed by atoms with E-state index in [4.69, 9.17) is 9.84 Å². The quantitative estimate of drug-likeness (QED) is 0.813. The lowest BCUT2D eigenvalue weighted by Gasteiger charge is -2.15. The van der Waals surface area contributed by atoms with Gasteiger partial charge in [0.05, 0.1) is 29.1 Å². The number of carbonyl (C=O) groups is 2. The lowest BCUT2D eigenvalue weighted by Crippen LogP contribution is -2.15.